The molecule has 0 aliphatic carbocycles. The molecular weight excluding hydrogens is 356 g/mol. The molecule has 4 heterocycles. The zero-order chi connectivity index (χ0) is 18.2. The van der Waals surface area contributed by atoms with Gasteiger partial charge in [0.05, 0.1) is 0 Å². The minimum Gasteiger partial charge on any atom is -0.348 e. The van der Waals surface area contributed by atoms with Gasteiger partial charge >= 0.3 is 0 Å². The summed E-state index contributed by atoms with van der Waals surface area (Å²) in [6.45, 7) is 3.39. The summed E-state index contributed by atoms with van der Waals surface area (Å²) in [4.78, 5) is 27.5. The fourth-order valence-electron chi connectivity index (χ4n) is 4.15. The van der Waals surface area contributed by atoms with Crippen molar-refractivity contribution >= 4 is 32.7 Å². The summed E-state index contributed by atoms with van der Waals surface area (Å²) in [7, 11) is 0. The van der Waals surface area contributed by atoms with Crippen molar-refractivity contribution in [2.45, 2.75) is 25.8 Å². The Morgan fingerprint density at radius 2 is 1.85 bits per heavy atom. The number of rotatable bonds is 2. The Bertz CT molecular complexity index is 944. The van der Waals surface area contributed by atoms with Crippen molar-refractivity contribution in [3.8, 4) is 0 Å². The number of pyridine rings is 1. The van der Waals surface area contributed by atoms with Crippen LogP contribution >= 0.6 is 11.3 Å². The number of hydrogen-bond acceptors (Lipinski definition) is 5. The topological polar surface area (TPSA) is 49.3 Å². The third kappa shape index (κ3) is 3.18. The third-order valence-corrected chi connectivity index (χ3v) is 6.75. The summed E-state index contributed by atoms with van der Waals surface area (Å²) in [5, 5.41) is 1.03. The summed E-state index contributed by atoms with van der Waals surface area (Å²) in [6, 6.07) is 12.4. The van der Waals surface area contributed by atoms with Crippen LogP contribution in [0.4, 0.5) is 5.13 Å². The molecule has 0 N–H and O–H groups in total. The number of benzene rings is 1. The molecule has 5 rings (SSSR count). The molecule has 6 heteroatoms. The molecule has 1 aromatic carbocycles. The summed E-state index contributed by atoms with van der Waals surface area (Å²) < 4.78 is 0. The molecule has 0 bridgehead atoms. The van der Waals surface area contributed by atoms with Crippen LogP contribution in [-0.2, 0) is 17.8 Å². The Hall–Kier alpha value is -2.47. The van der Waals surface area contributed by atoms with Gasteiger partial charge in [-0.3, -0.25) is 4.79 Å². The Labute approximate surface area is 162 Å². The normalized spacial score (nSPS) is 17.9. The van der Waals surface area contributed by atoms with E-state index in [0.717, 1.165) is 60.9 Å². The molecule has 27 heavy (non-hydrogen) atoms. The Morgan fingerprint density at radius 1 is 1.04 bits per heavy atom. The lowest BCUT2D eigenvalue weighted by Gasteiger charge is -2.36. The number of carbonyl (C=O) groups excluding carboxylic acids is 1. The smallest absolute Gasteiger partial charge is 0.226 e. The van der Waals surface area contributed by atoms with Crippen molar-refractivity contribution in [2.75, 3.05) is 24.5 Å². The second-order valence-electron chi connectivity index (χ2n) is 7.36. The molecule has 1 fully saturated rings. The highest BCUT2D eigenvalue weighted by atomic mass is 32.1. The Morgan fingerprint density at radius 3 is 2.67 bits per heavy atom. The maximum absolute atomic E-state index is 13.0. The van der Waals surface area contributed by atoms with Crippen molar-refractivity contribution in [2.24, 2.45) is 5.92 Å². The number of amides is 1. The molecule has 1 saturated heterocycles. The predicted molar refractivity (Wildman–Crippen MR) is 108 cm³/mol. The lowest BCUT2D eigenvalue weighted by Crippen LogP contribution is -2.44. The van der Waals surface area contributed by atoms with Crippen LogP contribution in [-0.4, -0.2) is 40.4 Å². The number of aromatic nitrogens is 2. The van der Waals surface area contributed by atoms with Crippen molar-refractivity contribution in [1.29, 1.82) is 0 Å². The van der Waals surface area contributed by atoms with Gasteiger partial charge < -0.3 is 9.80 Å². The van der Waals surface area contributed by atoms with E-state index in [4.69, 9.17) is 4.98 Å². The van der Waals surface area contributed by atoms with E-state index in [1.54, 1.807) is 11.3 Å². The van der Waals surface area contributed by atoms with Crippen LogP contribution in [0.3, 0.4) is 0 Å². The molecule has 1 amide bonds. The number of anilines is 1. The van der Waals surface area contributed by atoms with Crippen LogP contribution in [0.2, 0.25) is 0 Å². The fraction of sp³-hybridized carbons (Fsp3) is 0.381. The average Bonchev–Trinajstić information content (AvgIpc) is 3.17. The minimum absolute atomic E-state index is 0.138. The molecule has 0 atom stereocenters. The molecule has 2 aromatic heterocycles. The van der Waals surface area contributed by atoms with Crippen molar-refractivity contribution in [3.05, 3.63) is 53.7 Å². The monoisotopic (exact) mass is 378 g/mol. The molecular formula is C21H22N4OS. The third-order valence-electron chi connectivity index (χ3n) is 5.71. The van der Waals surface area contributed by atoms with Gasteiger partial charge in [-0.1, -0.05) is 35.6 Å². The van der Waals surface area contributed by atoms with Gasteiger partial charge in [0.25, 0.3) is 0 Å². The van der Waals surface area contributed by atoms with Gasteiger partial charge in [0, 0.05) is 38.3 Å². The number of thiazole rings is 1. The molecule has 5 nitrogen and oxygen atoms in total. The second kappa shape index (κ2) is 6.93. The molecule has 0 radical (unpaired) electrons. The van der Waals surface area contributed by atoms with Gasteiger partial charge in [-0.2, -0.15) is 0 Å². The maximum Gasteiger partial charge on any atom is 0.226 e. The highest BCUT2D eigenvalue weighted by Crippen LogP contribution is 2.31. The van der Waals surface area contributed by atoms with Gasteiger partial charge in [-0.25, -0.2) is 9.97 Å². The standard InChI is InChI=1S/C21H22N4OS/c26-20(25-13-7-15-4-1-2-5-17(15)14-25)16-8-11-24(12-9-16)21-23-18-6-3-10-22-19(18)27-21/h1-6,10,16H,7-9,11-14H2. The summed E-state index contributed by atoms with van der Waals surface area (Å²) in [5.74, 6) is 0.467. The zero-order valence-electron chi connectivity index (χ0n) is 15.2. The van der Waals surface area contributed by atoms with Crippen LogP contribution in [0.25, 0.3) is 10.3 Å². The van der Waals surface area contributed by atoms with E-state index in [1.807, 2.05) is 18.3 Å². The number of nitrogens with zero attached hydrogens (tertiary/aromatic N) is 4. The highest BCUT2D eigenvalue weighted by Gasteiger charge is 2.31. The first-order chi connectivity index (χ1) is 13.3. The molecule has 2 aliphatic rings. The van der Waals surface area contributed by atoms with E-state index in [0.29, 0.717) is 5.91 Å². The lowest BCUT2D eigenvalue weighted by atomic mass is 9.93. The van der Waals surface area contributed by atoms with E-state index < -0.39 is 0 Å². The van der Waals surface area contributed by atoms with E-state index in [2.05, 4.69) is 39.0 Å². The number of fused-ring (bicyclic) bond motifs is 2. The first kappa shape index (κ1) is 16.7. The average molecular weight is 379 g/mol. The number of piperidine rings is 1. The van der Waals surface area contributed by atoms with Crippen molar-refractivity contribution in [1.82, 2.24) is 14.9 Å². The van der Waals surface area contributed by atoms with E-state index >= 15 is 0 Å². The van der Waals surface area contributed by atoms with Crippen LogP contribution in [0, 0.1) is 5.92 Å². The molecule has 3 aromatic rings. The SMILES string of the molecule is O=C(C1CCN(c2nc3cccnc3s2)CC1)N1CCc2ccccc2C1. The summed E-state index contributed by atoms with van der Waals surface area (Å²) >= 11 is 1.64. The molecule has 0 unspecified atom stereocenters. The van der Waals surface area contributed by atoms with Crippen LogP contribution in [0.5, 0.6) is 0 Å². The lowest BCUT2D eigenvalue weighted by molar-refractivity contribution is -0.137. The number of hydrogen-bond donors (Lipinski definition) is 0. The largest absolute Gasteiger partial charge is 0.348 e. The molecule has 0 saturated carbocycles. The molecule has 138 valence electrons. The van der Waals surface area contributed by atoms with Gasteiger partial charge in [0.1, 0.15) is 10.3 Å². The molecule has 0 spiro atoms. The highest BCUT2D eigenvalue weighted by molar-refractivity contribution is 7.21. The van der Waals surface area contributed by atoms with Crippen LogP contribution in [0.15, 0.2) is 42.6 Å². The van der Waals surface area contributed by atoms with Crippen LogP contribution in [0.1, 0.15) is 24.0 Å². The van der Waals surface area contributed by atoms with E-state index in [1.165, 1.54) is 11.1 Å². The van der Waals surface area contributed by atoms with Crippen LogP contribution < -0.4 is 4.90 Å². The zero-order valence-corrected chi connectivity index (χ0v) is 16.0. The predicted octanol–water partition coefficient (Wildman–Crippen LogP) is 3.49. The van der Waals surface area contributed by atoms with Gasteiger partial charge in [-0.05, 0) is 42.5 Å². The van der Waals surface area contributed by atoms with E-state index in [9.17, 15) is 4.79 Å². The van der Waals surface area contributed by atoms with E-state index in [-0.39, 0.29) is 5.92 Å². The minimum atomic E-state index is 0.138. The van der Waals surface area contributed by atoms with Crippen molar-refractivity contribution in [3.63, 3.8) is 0 Å². The first-order valence-electron chi connectivity index (χ1n) is 9.60. The van der Waals surface area contributed by atoms with Gasteiger partial charge in [0.2, 0.25) is 5.91 Å². The quantitative estimate of drug-likeness (QED) is 0.685. The summed E-state index contributed by atoms with van der Waals surface area (Å²) in [6.07, 6.45) is 4.59. The van der Waals surface area contributed by atoms with Gasteiger partial charge in [-0.15, -0.1) is 0 Å². The first-order valence-corrected chi connectivity index (χ1v) is 10.4. The van der Waals surface area contributed by atoms with Gasteiger partial charge in [0.15, 0.2) is 5.13 Å². The maximum atomic E-state index is 13.0. The second-order valence-corrected chi connectivity index (χ2v) is 8.32. The number of carbonyl (C=O) groups is 1. The summed E-state index contributed by atoms with van der Waals surface area (Å²) in [5.41, 5.74) is 3.65. The van der Waals surface area contributed by atoms with Crippen molar-refractivity contribution < 1.29 is 4.79 Å². The fourth-order valence-corrected chi connectivity index (χ4v) is 5.11. The Kier molecular flexibility index (Phi) is 4.28. The molecule has 2 aliphatic heterocycles. The Balaban J connectivity index is 1.23.